The lowest BCUT2D eigenvalue weighted by Crippen LogP contribution is -2.47. The summed E-state index contributed by atoms with van der Waals surface area (Å²) in [5.41, 5.74) is 1.25. The Morgan fingerprint density at radius 2 is 2.05 bits per heavy atom. The predicted molar refractivity (Wildman–Crippen MR) is 86.9 cm³/mol. The molecule has 4 nitrogen and oxygen atoms in total. The number of halogens is 1. The average molecular weight is 355 g/mol. The molecule has 1 aliphatic carbocycles. The highest BCUT2D eigenvalue weighted by molar-refractivity contribution is 9.10. The Hall–Kier alpha value is -0.780. The van der Waals surface area contributed by atoms with E-state index in [0.717, 1.165) is 36.6 Å². The molecular weight excluding hydrogens is 332 g/mol. The van der Waals surface area contributed by atoms with Crippen molar-refractivity contribution in [1.29, 1.82) is 0 Å². The maximum absolute atomic E-state index is 10.0. The number of nitrogens with one attached hydrogen (secondary N) is 1. The van der Waals surface area contributed by atoms with Crippen molar-refractivity contribution < 1.29 is 9.84 Å². The normalized spacial score (nSPS) is 21.8. The first-order valence-electron chi connectivity index (χ1n) is 7.72. The number of piperazine rings is 1. The van der Waals surface area contributed by atoms with Crippen LogP contribution in [0.2, 0.25) is 0 Å². The minimum absolute atomic E-state index is 0.189. The topological polar surface area (TPSA) is 44.7 Å². The van der Waals surface area contributed by atoms with E-state index >= 15 is 0 Å². The van der Waals surface area contributed by atoms with Crippen LogP contribution in [0.25, 0.3) is 0 Å². The monoisotopic (exact) mass is 354 g/mol. The van der Waals surface area contributed by atoms with E-state index in [2.05, 4.69) is 32.2 Å². The minimum Gasteiger partial charge on any atom is -0.503 e. The summed E-state index contributed by atoms with van der Waals surface area (Å²) in [5, 5.41) is 13.5. The quantitative estimate of drug-likeness (QED) is 0.872. The Morgan fingerprint density at radius 1 is 1.33 bits per heavy atom. The summed E-state index contributed by atoms with van der Waals surface area (Å²) < 4.78 is 6.04. The molecule has 1 atom stereocenters. The third kappa shape index (κ3) is 3.05. The molecule has 116 valence electrons. The van der Waals surface area contributed by atoms with Crippen molar-refractivity contribution in [2.75, 3.05) is 33.3 Å². The van der Waals surface area contributed by atoms with Gasteiger partial charge in [0.1, 0.15) is 0 Å². The van der Waals surface area contributed by atoms with E-state index in [4.69, 9.17) is 4.74 Å². The molecule has 5 heteroatoms. The van der Waals surface area contributed by atoms with Crippen LogP contribution in [0.3, 0.4) is 0 Å². The molecule has 21 heavy (non-hydrogen) atoms. The van der Waals surface area contributed by atoms with Crippen LogP contribution in [0.5, 0.6) is 11.5 Å². The summed E-state index contributed by atoms with van der Waals surface area (Å²) in [6, 6.07) is 4.50. The lowest BCUT2D eigenvalue weighted by molar-refractivity contribution is 0.0834. The van der Waals surface area contributed by atoms with Gasteiger partial charge in [0.2, 0.25) is 0 Å². The molecule has 2 aliphatic rings. The minimum atomic E-state index is 0.189. The lowest BCUT2D eigenvalue weighted by Gasteiger charge is -2.43. The number of benzene rings is 1. The Balaban J connectivity index is 1.93. The fraction of sp³-hybridized carbons (Fsp3) is 0.625. The van der Waals surface area contributed by atoms with Crippen molar-refractivity contribution in [2.45, 2.75) is 25.3 Å². The van der Waals surface area contributed by atoms with Gasteiger partial charge in [-0.15, -0.1) is 0 Å². The van der Waals surface area contributed by atoms with Crippen molar-refractivity contribution in [1.82, 2.24) is 10.2 Å². The highest BCUT2D eigenvalue weighted by Gasteiger charge is 2.34. The number of aromatic hydroxyl groups is 1. The SMILES string of the molecule is COc1cc([C@@H](C2CCC2)N2CCNCC2)cc(Br)c1O. The Morgan fingerprint density at radius 3 is 2.62 bits per heavy atom. The summed E-state index contributed by atoms with van der Waals surface area (Å²) in [6.45, 7) is 4.28. The van der Waals surface area contributed by atoms with E-state index in [1.54, 1.807) is 7.11 Å². The molecule has 0 amide bonds. The number of methoxy groups -OCH3 is 1. The van der Waals surface area contributed by atoms with Crippen LogP contribution < -0.4 is 10.1 Å². The number of phenolic OH excluding ortho intramolecular Hbond substituents is 1. The van der Waals surface area contributed by atoms with E-state index in [-0.39, 0.29) is 5.75 Å². The smallest absolute Gasteiger partial charge is 0.172 e. The molecule has 0 spiro atoms. The molecule has 0 aromatic heterocycles. The van der Waals surface area contributed by atoms with E-state index in [9.17, 15) is 5.11 Å². The van der Waals surface area contributed by atoms with Crippen molar-refractivity contribution in [3.05, 3.63) is 22.2 Å². The van der Waals surface area contributed by atoms with Gasteiger partial charge >= 0.3 is 0 Å². The van der Waals surface area contributed by atoms with Gasteiger partial charge in [-0.05, 0) is 52.4 Å². The summed E-state index contributed by atoms with van der Waals surface area (Å²) in [6.07, 6.45) is 3.94. The molecule has 2 N–H and O–H groups in total. The van der Waals surface area contributed by atoms with Gasteiger partial charge in [0.05, 0.1) is 11.6 Å². The number of phenols is 1. The first kappa shape index (κ1) is 15.1. The molecule has 1 aromatic rings. The Kier molecular flexibility index (Phi) is 4.72. The molecule has 1 heterocycles. The molecule has 2 fully saturated rings. The van der Waals surface area contributed by atoms with Crippen molar-refractivity contribution in [2.24, 2.45) is 5.92 Å². The molecule has 3 rings (SSSR count). The zero-order valence-corrected chi connectivity index (χ0v) is 14.0. The number of rotatable bonds is 4. The summed E-state index contributed by atoms with van der Waals surface area (Å²) >= 11 is 3.46. The summed E-state index contributed by atoms with van der Waals surface area (Å²) in [4.78, 5) is 2.58. The van der Waals surface area contributed by atoms with Gasteiger partial charge in [-0.25, -0.2) is 0 Å². The highest BCUT2D eigenvalue weighted by atomic mass is 79.9. The van der Waals surface area contributed by atoms with Crippen LogP contribution in [0.15, 0.2) is 16.6 Å². The first-order chi connectivity index (χ1) is 10.2. The second kappa shape index (κ2) is 6.55. The number of hydrogen-bond donors (Lipinski definition) is 2. The van der Waals surface area contributed by atoms with Gasteiger partial charge in [-0.2, -0.15) is 0 Å². The van der Waals surface area contributed by atoms with Crippen LogP contribution >= 0.6 is 15.9 Å². The number of nitrogens with zero attached hydrogens (tertiary/aromatic N) is 1. The maximum atomic E-state index is 10.0. The molecule has 1 saturated carbocycles. The highest BCUT2D eigenvalue weighted by Crippen LogP contribution is 2.45. The first-order valence-corrected chi connectivity index (χ1v) is 8.51. The van der Waals surface area contributed by atoms with E-state index in [1.807, 2.05) is 6.07 Å². The van der Waals surface area contributed by atoms with E-state index < -0.39 is 0 Å². The second-order valence-corrected chi connectivity index (χ2v) is 6.83. The van der Waals surface area contributed by atoms with Gasteiger partial charge in [0.15, 0.2) is 11.5 Å². The van der Waals surface area contributed by atoms with Crippen LogP contribution in [-0.2, 0) is 0 Å². The predicted octanol–water partition coefficient (Wildman–Crippen LogP) is 2.91. The average Bonchev–Trinajstić information content (AvgIpc) is 2.46. The van der Waals surface area contributed by atoms with Gasteiger partial charge in [-0.1, -0.05) is 6.42 Å². The second-order valence-electron chi connectivity index (χ2n) is 5.98. The van der Waals surface area contributed by atoms with E-state index in [0.29, 0.717) is 11.8 Å². The zero-order chi connectivity index (χ0) is 14.8. The molecule has 1 aliphatic heterocycles. The van der Waals surface area contributed by atoms with Crippen LogP contribution in [0, 0.1) is 5.92 Å². The summed E-state index contributed by atoms with van der Waals surface area (Å²) in [7, 11) is 1.61. The molecule has 1 aromatic carbocycles. The van der Waals surface area contributed by atoms with Crippen LogP contribution in [-0.4, -0.2) is 43.3 Å². The third-order valence-electron chi connectivity index (χ3n) is 4.75. The van der Waals surface area contributed by atoms with Crippen LogP contribution in [0.1, 0.15) is 30.9 Å². The van der Waals surface area contributed by atoms with Crippen LogP contribution in [0.4, 0.5) is 0 Å². The molecule has 1 saturated heterocycles. The van der Waals surface area contributed by atoms with Crippen molar-refractivity contribution >= 4 is 15.9 Å². The largest absolute Gasteiger partial charge is 0.503 e. The third-order valence-corrected chi connectivity index (χ3v) is 5.36. The van der Waals surface area contributed by atoms with Gasteiger partial charge in [0.25, 0.3) is 0 Å². The Labute approximate surface area is 134 Å². The Bertz CT molecular complexity index is 499. The fourth-order valence-corrected chi connectivity index (χ4v) is 3.88. The zero-order valence-electron chi connectivity index (χ0n) is 12.4. The standard InChI is InChI=1S/C16H23BrN2O2/c1-21-14-10-12(9-13(17)16(14)20)15(11-3-2-4-11)19-7-5-18-6-8-19/h9-11,15,18,20H,2-8H2,1H3/t15-/m1/s1. The fourth-order valence-electron chi connectivity index (χ4n) is 3.42. The summed E-state index contributed by atoms with van der Waals surface area (Å²) in [5.74, 6) is 1.47. The lowest BCUT2D eigenvalue weighted by atomic mass is 9.76. The number of ether oxygens (including phenoxy) is 1. The van der Waals surface area contributed by atoms with Crippen molar-refractivity contribution in [3.63, 3.8) is 0 Å². The van der Waals surface area contributed by atoms with Gasteiger partial charge in [0, 0.05) is 32.2 Å². The molecule has 0 unspecified atom stereocenters. The van der Waals surface area contributed by atoms with Gasteiger partial charge in [-0.3, -0.25) is 4.90 Å². The molecule has 0 bridgehead atoms. The molecule has 0 radical (unpaired) electrons. The maximum Gasteiger partial charge on any atom is 0.172 e. The number of hydrogen-bond acceptors (Lipinski definition) is 4. The molecular formula is C16H23BrN2O2. The van der Waals surface area contributed by atoms with Gasteiger partial charge < -0.3 is 15.2 Å². The van der Waals surface area contributed by atoms with Crippen molar-refractivity contribution in [3.8, 4) is 11.5 Å². The van der Waals surface area contributed by atoms with E-state index in [1.165, 1.54) is 24.8 Å².